The second-order valence-electron chi connectivity index (χ2n) is 7.96. The number of rotatable bonds is 3. The molecule has 0 saturated carbocycles. The zero-order chi connectivity index (χ0) is 22.1. The van der Waals surface area contributed by atoms with Crippen LogP contribution in [0.4, 0.5) is 5.82 Å². The van der Waals surface area contributed by atoms with Crippen molar-refractivity contribution in [2.45, 2.75) is 60.3 Å². The van der Waals surface area contributed by atoms with Crippen LogP contribution < -0.4 is 5.32 Å². The average Bonchev–Trinajstić information content (AvgIpc) is 2.92. The smallest absolute Gasteiger partial charge is 0.252 e. The van der Waals surface area contributed by atoms with Crippen molar-refractivity contribution in [1.82, 2.24) is 9.97 Å². The van der Waals surface area contributed by atoms with E-state index in [0.29, 0.717) is 11.4 Å². The maximum Gasteiger partial charge on any atom is 0.252 e. The summed E-state index contributed by atoms with van der Waals surface area (Å²) in [5.74, 6) is 1.30. The summed E-state index contributed by atoms with van der Waals surface area (Å²) >= 11 is 0. The number of aryl methyl sites for hydroxylation is 2. The Morgan fingerprint density at radius 2 is 1.93 bits per heavy atom. The molecule has 2 aromatic rings. The molecular formula is C25H34N4O. The van der Waals surface area contributed by atoms with E-state index >= 15 is 0 Å². The Hall–Kier alpha value is -2.82. The van der Waals surface area contributed by atoms with E-state index in [1.54, 1.807) is 19.3 Å². The van der Waals surface area contributed by atoms with Gasteiger partial charge in [0.2, 0.25) is 0 Å². The van der Waals surface area contributed by atoms with Gasteiger partial charge in [0.15, 0.2) is 0 Å². The van der Waals surface area contributed by atoms with Gasteiger partial charge in [-0.1, -0.05) is 39.3 Å². The average molecular weight is 407 g/mol. The number of amides is 1. The predicted octanol–water partition coefficient (Wildman–Crippen LogP) is 5.55. The number of carbonyl (C=O) groups excluding carboxylic acids is 1. The van der Waals surface area contributed by atoms with E-state index in [4.69, 9.17) is 0 Å². The number of allylic oxidation sites excluding steroid dienone is 1. The molecule has 2 aromatic heterocycles. The van der Waals surface area contributed by atoms with E-state index in [2.05, 4.69) is 47.1 Å². The largest absolute Gasteiger partial charge is 0.307 e. The number of hydrogen-bond acceptors (Lipinski definition) is 4. The van der Waals surface area contributed by atoms with Crippen LogP contribution in [0.5, 0.6) is 0 Å². The third kappa shape index (κ3) is 6.34. The van der Waals surface area contributed by atoms with Gasteiger partial charge in [-0.2, -0.15) is 0 Å². The highest BCUT2D eigenvalue weighted by atomic mass is 16.1. The first-order chi connectivity index (χ1) is 14.4. The lowest BCUT2D eigenvalue weighted by molar-refractivity contribution is -0.112. The maximum atomic E-state index is 12.7. The molecule has 0 radical (unpaired) electrons. The van der Waals surface area contributed by atoms with Gasteiger partial charge in [0.25, 0.3) is 5.91 Å². The minimum absolute atomic E-state index is 0.145. The van der Waals surface area contributed by atoms with Crippen LogP contribution in [0.2, 0.25) is 0 Å². The highest BCUT2D eigenvalue weighted by molar-refractivity contribution is 6.18. The third-order valence-electron chi connectivity index (χ3n) is 5.24. The monoisotopic (exact) mass is 406 g/mol. The molecule has 0 unspecified atom stereocenters. The van der Waals surface area contributed by atoms with E-state index in [-0.39, 0.29) is 5.91 Å². The Balaban J connectivity index is 0.000000575. The van der Waals surface area contributed by atoms with Gasteiger partial charge in [0.1, 0.15) is 5.82 Å². The van der Waals surface area contributed by atoms with Crippen molar-refractivity contribution in [3.8, 4) is 0 Å². The minimum Gasteiger partial charge on any atom is -0.307 e. The lowest BCUT2D eigenvalue weighted by Gasteiger charge is -2.13. The Labute approximate surface area is 180 Å². The van der Waals surface area contributed by atoms with Gasteiger partial charge in [0, 0.05) is 24.5 Å². The lowest BCUT2D eigenvalue weighted by atomic mass is 9.98. The maximum absolute atomic E-state index is 12.7. The number of aliphatic imine (C=N–C) groups is 1. The third-order valence-corrected chi connectivity index (χ3v) is 5.24. The van der Waals surface area contributed by atoms with Crippen molar-refractivity contribution >= 4 is 17.4 Å². The molecular weight excluding hydrogens is 372 g/mol. The molecule has 2 heterocycles. The summed E-state index contributed by atoms with van der Waals surface area (Å²) in [6, 6.07) is 9.61. The second kappa shape index (κ2) is 11.4. The normalized spacial score (nSPS) is 16.3. The molecule has 0 fully saturated rings. The van der Waals surface area contributed by atoms with Crippen LogP contribution in [0.1, 0.15) is 63.9 Å². The Morgan fingerprint density at radius 1 is 1.20 bits per heavy atom. The zero-order valence-corrected chi connectivity index (χ0v) is 19.1. The minimum atomic E-state index is -0.145. The fourth-order valence-electron chi connectivity index (χ4n) is 3.14. The van der Waals surface area contributed by atoms with Crippen molar-refractivity contribution in [2.24, 2.45) is 10.9 Å². The van der Waals surface area contributed by atoms with E-state index in [9.17, 15) is 4.79 Å². The Morgan fingerprint density at radius 3 is 2.57 bits per heavy atom. The van der Waals surface area contributed by atoms with Gasteiger partial charge >= 0.3 is 0 Å². The van der Waals surface area contributed by atoms with E-state index in [1.165, 1.54) is 12.0 Å². The van der Waals surface area contributed by atoms with Crippen LogP contribution in [0.3, 0.4) is 0 Å². The first-order valence-corrected chi connectivity index (χ1v) is 10.7. The molecule has 0 aliphatic heterocycles. The molecule has 5 nitrogen and oxygen atoms in total. The molecule has 0 aromatic carbocycles. The number of nitrogens with zero attached hydrogens (tertiary/aromatic N) is 3. The van der Waals surface area contributed by atoms with Crippen molar-refractivity contribution in [3.63, 3.8) is 0 Å². The lowest BCUT2D eigenvalue weighted by Crippen LogP contribution is -2.19. The number of carbonyl (C=O) groups is 1. The molecule has 160 valence electrons. The van der Waals surface area contributed by atoms with Gasteiger partial charge < -0.3 is 5.32 Å². The van der Waals surface area contributed by atoms with Gasteiger partial charge in [-0.15, -0.1) is 0 Å². The standard InChI is InChI=1S/C20H22N4O.C5H12/c1-13-7-4-11-17(23-13)24-20(25)14(2)16-10-5-8-15-9-6-12-22-18(15)19(16)21-3;1-4-5(2)3/h4,6-7,9,11-12H,5,8,10H2,1-3H3,(H,23,24,25);5H,4H2,1-3H3/b16-14+,21-19?;. The van der Waals surface area contributed by atoms with Crippen LogP contribution >= 0.6 is 0 Å². The fraction of sp³-hybridized carbons (Fsp3) is 0.440. The molecule has 30 heavy (non-hydrogen) atoms. The molecule has 0 atom stereocenters. The highest BCUT2D eigenvalue weighted by Crippen LogP contribution is 2.26. The van der Waals surface area contributed by atoms with Gasteiger partial charge in [-0.05, 0) is 68.4 Å². The number of nitrogens with one attached hydrogen (secondary N) is 1. The van der Waals surface area contributed by atoms with Gasteiger partial charge in [-0.3, -0.25) is 14.8 Å². The summed E-state index contributed by atoms with van der Waals surface area (Å²) in [6.07, 6.45) is 5.81. The van der Waals surface area contributed by atoms with Crippen LogP contribution in [0, 0.1) is 12.8 Å². The van der Waals surface area contributed by atoms with Gasteiger partial charge in [-0.25, -0.2) is 4.98 Å². The molecule has 3 rings (SSSR count). The first-order valence-electron chi connectivity index (χ1n) is 10.7. The SMILES string of the molecule is CCC(C)C.CN=C1/C(=C(\C)C(=O)Nc2cccc(C)n2)CCCc2cccnc21. The number of aromatic nitrogens is 2. The van der Waals surface area contributed by atoms with Crippen molar-refractivity contribution in [2.75, 3.05) is 12.4 Å². The summed E-state index contributed by atoms with van der Waals surface area (Å²) in [5.41, 5.74) is 5.39. The summed E-state index contributed by atoms with van der Waals surface area (Å²) in [7, 11) is 1.76. The van der Waals surface area contributed by atoms with Gasteiger partial charge in [0.05, 0.1) is 11.4 Å². The van der Waals surface area contributed by atoms with Crippen LogP contribution in [-0.2, 0) is 11.2 Å². The van der Waals surface area contributed by atoms with Crippen molar-refractivity contribution in [3.05, 3.63) is 64.6 Å². The first kappa shape index (κ1) is 23.5. The van der Waals surface area contributed by atoms with Crippen LogP contribution in [0.25, 0.3) is 0 Å². The predicted molar refractivity (Wildman–Crippen MR) is 125 cm³/mol. The topological polar surface area (TPSA) is 67.2 Å². The summed E-state index contributed by atoms with van der Waals surface area (Å²) in [4.78, 5) is 26.0. The summed E-state index contributed by atoms with van der Waals surface area (Å²) in [5, 5.41) is 2.89. The molecule has 1 amide bonds. The van der Waals surface area contributed by atoms with E-state index in [1.807, 2.05) is 32.0 Å². The van der Waals surface area contributed by atoms with E-state index < -0.39 is 0 Å². The van der Waals surface area contributed by atoms with Crippen LogP contribution in [0.15, 0.2) is 52.7 Å². The quantitative estimate of drug-likeness (QED) is 0.537. The van der Waals surface area contributed by atoms with E-state index in [0.717, 1.165) is 47.9 Å². The summed E-state index contributed by atoms with van der Waals surface area (Å²) < 4.78 is 0. The summed E-state index contributed by atoms with van der Waals surface area (Å²) in [6.45, 7) is 10.4. The fourth-order valence-corrected chi connectivity index (χ4v) is 3.14. The highest BCUT2D eigenvalue weighted by Gasteiger charge is 2.23. The molecule has 1 aliphatic rings. The second-order valence-corrected chi connectivity index (χ2v) is 7.96. The molecule has 1 aliphatic carbocycles. The number of hydrogen-bond donors (Lipinski definition) is 1. The molecule has 1 N–H and O–H groups in total. The van der Waals surface area contributed by atoms with Crippen molar-refractivity contribution < 1.29 is 4.79 Å². The van der Waals surface area contributed by atoms with Crippen molar-refractivity contribution in [1.29, 1.82) is 0 Å². The number of anilines is 1. The molecule has 0 bridgehead atoms. The molecule has 0 saturated heterocycles. The number of pyridine rings is 2. The molecule has 0 spiro atoms. The Kier molecular flexibility index (Phi) is 8.90. The van der Waals surface area contributed by atoms with Crippen LogP contribution in [-0.4, -0.2) is 28.6 Å². The zero-order valence-electron chi connectivity index (χ0n) is 19.1. The number of fused-ring (bicyclic) bond motifs is 1. The Bertz CT molecular complexity index is 928. The molecule has 5 heteroatoms.